The molecule has 0 radical (unpaired) electrons. The van der Waals surface area contributed by atoms with E-state index < -0.39 is 23.2 Å². The van der Waals surface area contributed by atoms with Crippen LogP contribution < -0.4 is 0 Å². The molecule has 0 spiro atoms. The third-order valence-corrected chi connectivity index (χ3v) is 3.59. The van der Waals surface area contributed by atoms with Crippen LogP contribution in [0.2, 0.25) is 0 Å². The van der Waals surface area contributed by atoms with E-state index in [0.717, 1.165) is 12.1 Å². The van der Waals surface area contributed by atoms with E-state index in [0.29, 0.717) is 18.7 Å². The normalized spacial score (nSPS) is 15.2. The van der Waals surface area contributed by atoms with Gasteiger partial charge in [-0.05, 0) is 37.7 Å². The molecular formula is C14H18F3NO2. The van der Waals surface area contributed by atoms with Gasteiger partial charge in [-0.15, -0.1) is 0 Å². The Morgan fingerprint density at radius 2 is 1.50 bits per heavy atom. The lowest BCUT2D eigenvalue weighted by atomic mass is 9.89. The van der Waals surface area contributed by atoms with E-state index in [1.807, 2.05) is 13.8 Å². The molecule has 1 unspecified atom stereocenters. The SMILES string of the molecule is CCN(CC)C(C)(C(=O)O)c1ccc(C(F)(F)F)cc1. The van der Waals surface area contributed by atoms with Crippen LogP contribution in [-0.4, -0.2) is 29.1 Å². The van der Waals surface area contributed by atoms with Crippen molar-refractivity contribution >= 4 is 5.97 Å². The fraction of sp³-hybridized carbons (Fsp3) is 0.500. The predicted octanol–water partition coefficient (Wildman–Crippen LogP) is 3.35. The highest BCUT2D eigenvalue weighted by Crippen LogP contribution is 2.33. The smallest absolute Gasteiger partial charge is 0.416 e. The molecule has 20 heavy (non-hydrogen) atoms. The molecule has 0 amide bonds. The third-order valence-electron chi connectivity index (χ3n) is 3.59. The minimum Gasteiger partial charge on any atom is -0.480 e. The molecule has 0 aliphatic carbocycles. The first-order valence-electron chi connectivity index (χ1n) is 6.34. The van der Waals surface area contributed by atoms with Crippen LogP contribution in [0.15, 0.2) is 24.3 Å². The van der Waals surface area contributed by atoms with Crippen molar-refractivity contribution in [2.45, 2.75) is 32.5 Å². The van der Waals surface area contributed by atoms with Crippen molar-refractivity contribution < 1.29 is 23.1 Å². The molecule has 1 N–H and O–H groups in total. The van der Waals surface area contributed by atoms with Gasteiger partial charge in [-0.25, -0.2) is 4.79 Å². The van der Waals surface area contributed by atoms with E-state index in [4.69, 9.17) is 0 Å². The Morgan fingerprint density at radius 3 is 1.80 bits per heavy atom. The molecule has 0 saturated carbocycles. The number of carboxylic acids is 1. The average Bonchev–Trinajstić information content (AvgIpc) is 2.38. The van der Waals surface area contributed by atoms with Crippen molar-refractivity contribution in [1.82, 2.24) is 4.90 Å². The third kappa shape index (κ3) is 2.95. The molecule has 1 aromatic carbocycles. The molecule has 0 bridgehead atoms. The first-order valence-corrected chi connectivity index (χ1v) is 6.34. The molecule has 1 atom stereocenters. The van der Waals surface area contributed by atoms with Gasteiger partial charge >= 0.3 is 12.1 Å². The van der Waals surface area contributed by atoms with Crippen LogP contribution in [0.25, 0.3) is 0 Å². The van der Waals surface area contributed by atoms with Crippen molar-refractivity contribution in [3.8, 4) is 0 Å². The number of hydrogen-bond donors (Lipinski definition) is 1. The Hall–Kier alpha value is -1.56. The Kier molecular flexibility index (Phi) is 4.81. The molecule has 3 nitrogen and oxygen atoms in total. The van der Waals surface area contributed by atoms with Gasteiger partial charge in [0.25, 0.3) is 0 Å². The molecule has 6 heteroatoms. The largest absolute Gasteiger partial charge is 0.480 e. The van der Waals surface area contributed by atoms with Crippen molar-refractivity contribution in [3.63, 3.8) is 0 Å². The number of likely N-dealkylation sites (N-methyl/N-ethyl adjacent to an activating group) is 1. The van der Waals surface area contributed by atoms with E-state index in [1.165, 1.54) is 19.1 Å². The van der Waals surface area contributed by atoms with Crippen molar-refractivity contribution in [1.29, 1.82) is 0 Å². The fourth-order valence-electron chi connectivity index (χ4n) is 2.28. The maximum absolute atomic E-state index is 12.5. The summed E-state index contributed by atoms with van der Waals surface area (Å²) >= 11 is 0. The lowest BCUT2D eigenvalue weighted by molar-refractivity contribution is -0.151. The van der Waals surface area contributed by atoms with Crippen molar-refractivity contribution in [3.05, 3.63) is 35.4 Å². The first-order chi connectivity index (χ1) is 9.17. The minimum absolute atomic E-state index is 0.335. The molecule has 1 rings (SSSR count). The summed E-state index contributed by atoms with van der Waals surface area (Å²) in [4.78, 5) is 13.3. The van der Waals surface area contributed by atoms with Gasteiger partial charge in [-0.2, -0.15) is 13.2 Å². The second-order valence-corrected chi connectivity index (χ2v) is 4.62. The molecular weight excluding hydrogens is 271 g/mol. The number of hydrogen-bond acceptors (Lipinski definition) is 2. The number of carbonyl (C=O) groups is 1. The summed E-state index contributed by atoms with van der Waals surface area (Å²) in [5, 5.41) is 9.48. The zero-order valence-corrected chi connectivity index (χ0v) is 11.7. The second-order valence-electron chi connectivity index (χ2n) is 4.62. The van der Waals surface area contributed by atoms with Crippen molar-refractivity contribution in [2.24, 2.45) is 0 Å². The molecule has 0 heterocycles. The van der Waals surface area contributed by atoms with E-state index in [2.05, 4.69) is 0 Å². The lowest BCUT2D eigenvalue weighted by Gasteiger charge is -2.37. The summed E-state index contributed by atoms with van der Waals surface area (Å²) in [6.45, 7) is 6.11. The van der Waals surface area contributed by atoms with Gasteiger partial charge in [0.15, 0.2) is 0 Å². The standard InChI is InChI=1S/C14H18F3NO2/c1-4-18(5-2)13(3,12(19)20)10-6-8-11(9-7-10)14(15,16)17/h6-9H,4-5H2,1-3H3,(H,19,20). The van der Waals surface area contributed by atoms with E-state index >= 15 is 0 Å². The number of nitrogens with zero attached hydrogens (tertiary/aromatic N) is 1. The van der Waals surface area contributed by atoms with Gasteiger partial charge in [0.05, 0.1) is 5.56 Å². The summed E-state index contributed by atoms with van der Waals surface area (Å²) in [7, 11) is 0. The van der Waals surface area contributed by atoms with E-state index in [-0.39, 0.29) is 0 Å². The Bertz CT molecular complexity index is 466. The summed E-state index contributed by atoms with van der Waals surface area (Å²) in [5.41, 5.74) is -1.79. The Morgan fingerprint density at radius 1 is 1.10 bits per heavy atom. The Balaban J connectivity index is 3.27. The zero-order chi connectivity index (χ0) is 15.6. The predicted molar refractivity (Wildman–Crippen MR) is 69.4 cm³/mol. The molecule has 1 aromatic rings. The van der Waals surface area contributed by atoms with Crippen LogP contribution in [0.4, 0.5) is 13.2 Å². The number of halogens is 3. The Labute approximate surface area is 116 Å². The van der Waals surface area contributed by atoms with Gasteiger partial charge in [-0.3, -0.25) is 4.90 Å². The van der Waals surface area contributed by atoms with Gasteiger partial charge in [0, 0.05) is 0 Å². The number of carboxylic acid groups (broad SMARTS) is 1. The average molecular weight is 289 g/mol. The van der Waals surface area contributed by atoms with Crippen LogP contribution in [0.1, 0.15) is 31.9 Å². The minimum atomic E-state index is -4.42. The monoisotopic (exact) mass is 289 g/mol. The quantitative estimate of drug-likeness (QED) is 0.903. The number of aliphatic carboxylic acids is 1. The summed E-state index contributed by atoms with van der Waals surface area (Å²) in [5.74, 6) is -1.08. The topological polar surface area (TPSA) is 40.5 Å². The lowest BCUT2D eigenvalue weighted by Crippen LogP contribution is -2.49. The molecule has 112 valence electrons. The van der Waals surface area contributed by atoms with Crippen LogP contribution in [-0.2, 0) is 16.5 Å². The summed E-state index contributed by atoms with van der Waals surface area (Å²) in [6, 6.07) is 4.30. The summed E-state index contributed by atoms with van der Waals surface area (Å²) in [6.07, 6.45) is -4.42. The maximum Gasteiger partial charge on any atom is 0.416 e. The second kappa shape index (κ2) is 5.83. The zero-order valence-electron chi connectivity index (χ0n) is 11.7. The van der Waals surface area contributed by atoms with Crippen LogP contribution in [0.3, 0.4) is 0 Å². The number of alkyl halides is 3. The van der Waals surface area contributed by atoms with Crippen LogP contribution in [0.5, 0.6) is 0 Å². The molecule has 0 aromatic heterocycles. The van der Waals surface area contributed by atoms with Gasteiger partial charge in [0.1, 0.15) is 5.54 Å². The van der Waals surface area contributed by atoms with Gasteiger partial charge in [-0.1, -0.05) is 26.0 Å². The van der Waals surface area contributed by atoms with Gasteiger partial charge in [0.2, 0.25) is 0 Å². The molecule has 0 fully saturated rings. The number of benzene rings is 1. The van der Waals surface area contributed by atoms with Crippen LogP contribution >= 0.6 is 0 Å². The number of rotatable bonds is 5. The highest BCUT2D eigenvalue weighted by atomic mass is 19.4. The van der Waals surface area contributed by atoms with Crippen LogP contribution in [0, 0.1) is 0 Å². The van der Waals surface area contributed by atoms with E-state index in [1.54, 1.807) is 4.90 Å². The molecule has 0 saturated heterocycles. The highest BCUT2D eigenvalue weighted by Gasteiger charge is 2.40. The molecule has 0 aliphatic heterocycles. The first kappa shape index (κ1) is 16.5. The summed E-state index contributed by atoms with van der Waals surface area (Å²) < 4.78 is 37.6. The fourth-order valence-corrected chi connectivity index (χ4v) is 2.28. The molecule has 0 aliphatic rings. The van der Waals surface area contributed by atoms with Crippen molar-refractivity contribution in [2.75, 3.05) is 13.1 Å². The highest BCUT2D eigenvalue weighted by molar-refractivity contribution is 5.80. The van der Waals surface area contributed by atoms with E-state index in [9.17, 15) is 23.1 Å². The maximum atomic E-state index is 12.5. The van der Waals surface area contributed by atoms with Gasteiger partial charge < -0.3 is 5.11 Å².